The first-order chi connectivity index (χ1) is 8.24. The highest BCUT2D eigenvalue weighted by molar-refractivity contribution is 5.04. The van der Waals surface area contributed by atoms with Crippen LogP contribution >= 0.6 is 0 Å². The molecule has 17 heavy (non-hydrogen) atoms. The molecule has 0 aliphatic rings. The van der Waals surface area contributed by atoms with Crippen molar-refractivity contribution >= 4 is 0 Å². The zero-order valence-electron chi connectivity index (χ0n) is 11.6. The number of nitrogens with one attached hydrogen (secondary N) is 1. The minimum atomic E-state index is 0.379. The molecular formula is C13H26N4. The van der Waals surface area contributed by atoms with Gasteiger partial charge in [0.1, 0.15) is 0 Å². The molecule has 0 aromatic carbocycles. The average Bonchev–Trinajstić information content (AvgIpc) is 2.78. The lowest BCUT2D eigenvalue weighted by molar-refractivity contribution is 0.343. The molecule has 0 bridgehead atoms. The Morgan fingerprint density at radius 1 is 1.29 bits per heavy atom. The highest BCUT2D eigenvalue weighted by atomic mass is 15.4. The van der Waals surface area contributed by atoms with Gasteiger partial charge in [-0.1, -0.05) is 32.4 Å². The van der Waals surface area contributed by atoms with Crippen molar-refractivity contribution in [1.29, 1.82) is 0 Å². The van der Waals surface area contributed by atoms with Crippen LogP contribution in [0.15, 0.2) is 6.20 Å². The Hall–Kier alpha value is -0.900. The highest BCUT2D eigenvalue weighted by Gasteiger charge is 2.21. The molecule has 1 aromatic heterocycles. The van der Waals surface area contributed by atoms with E-state index in [2.05, 4.69) is 43.3 Å². The van der Waals surface area contributed by atoms with Crippen LogP contribution in [0.2, 0.25) is 0 Å². The molecule has 0 saturated carbocycles. The molecule has 0 aliphatic carbocycles. The lowest BCUT2D eigenvalue weighted by Gasteiger charge is -2.25. The van der Waals surface area contributed by atoms with Gasteiger partial charge in [0.25, 0.3) is 0 Å². The summed E-state index contributed by atoms with van der Waals surface area (Å²) in [6, 6.07) is 0.379. The largest absolute Gasteiger partial charge is 0.308 e. The van der Waals surface area contributed by atoms with E-state index >= 15 is 0 Å². The van der Waals surface area contributed by atoms with Crippen LogP contribution in [0.4, 0.5) is 0 Å². The van der Waals surface area contributed by atoms with Gasteiger partial charge in [-0.15, -0.1) is 5.10 Å². The van der Waals surface area contributed by atoms with E-state index in [4.69, 9.17) is 0 Å². The van der Waals surface area contributed by atoms with Crippen molar-refractivity contribution in [1.82, 2.24) is 20.3 Å². The fourth-order valence-electron chi connectivity index (χ4n) is 2.27. The molecule has 1 aromatic rings. The van der Waals surface area contributed by atoms with Gasteiger partial charge in [0.15, 0.2) is 0 Å². The number of nitrogens with zero attached hydrogens (tertiary/aromatic N) is 3. The van der Waals surface area contributed by atoms with Crippen molar-refractivity contribution in [3.63, 3.8) is 0 Å². The van der Waals surface area contributed by atoms with E-state index in [1.54, 1.807) is 0 Å². The summed E-state index contributed by atoms with van der Waals surface area (Å²) in [7, 11) is 0. The Labute approximate surface area is 105 Å². The van der Waals surface area contributed by atoms with Crippen molar-refractivity contribution in [3.05, 3.63) is 11.9 Å². The summed E-state index contributed by atoms with van der Waals surface area (Å²) in [6.45, 7) is 10.8. The predicted octanol–water partition coefficient (Wildman–Crippen LogP) is 2.77. The molecule has 0 spiro atoms. The SMILES string of the molecule is CCCNC(c1cnnn1CC)C(C)CCC. The summed E-state index contributed by atoms with van der Waals surface area (Å²) in [6.07, 6.45) is 5.52. The van der Waals surface area contributed by atoms with E-state index in [-0.39, 0.29) is 0 Å². The molecule has 1 rings (SSSR count). The van der Waals surface area contributed by atoms with E-state index in [1.165, 1.54) is 18.5 Å². The summed E-state index contributed by atoms with van der Waals surface area (Å²) in [5.41, 5.74) is 1.22. The molecule has 4 heteroatoms. The smallest absolute Gasteiger partial charge is 0.0759 e. The van der Waals surface area contributed by atoms with Crippen LogP contribution in [0.3, 0.4) is 0 Å². The van der Waals surface area contributed by atoms with Crippen molar-refractivity contribution in [2.45, 2.75) is 59.5 Å². The van der Waals surface area contributed by atoms with Gasteiger partial charge in [0, 0.05) is 6.54 Å². The Balaban J connectivity index is 2.81. The zero-order chi connectivity index (χ0) is 12.7. The van der Waals surface area contributed by atoms with Gasteiger partial charge in [-0.2, -0.15) is 0 Å². The fourth-order valence-corrected chi connectivity index (χ4v) is 2.27. The van der Waals surface area contributed by atoms with Gasteiger partial charge < -0.3 is 5.32 Å². The van der Waals surface area contributed by atoms with Crippen LogP contribution in [-0.4, -0.2) is 21.5 Å². The first-order valence-electron chi connectivity index (χ1n) is 6.86. The van der Waals surface area contributed by atoms with Gasteiger partial charge in [-0.05, 0) is 32.2 Å². The second-order valence-electron chi connectivity index (χ2n) is 4.67. The minimum Gasteiger partial charge on any atom is -0.308 e. The molecule has 0 aliphatic heterocycles. The molecule has 4 nitrogen and oxygen atoms in total. The van der Waals surface area contributed by atoms with Gasteiger partial charge in [-0.3, -0.25) is 0 Å². The molecule has 2 atom stereocenters. The predicted molar refractivity (Wildman–Crippen MR) is 70.8 cm³/mol. The maximum atomic E-state index is 4.13. The molecule has 0 amide bonds. The molecule has 1 N–H and O–H groups in total. The standard InChI is InChI=1S/C13H26N4/c1-5-8-11(4)13(14-9-6-2)12-10-15-16-17(12)7-3/h10-11,13-14H,5-9H2,1-4H3. The fraction of sp³-hybridized carbons (Fsp3) is 0.846. The summed E-state index contributed by atoms with van der Waals surface area (Å²) in [5.74, 6) is 0.621. The molecule has 98 valence electrons. The van der Waals surface area contributed by atoms with E-state index in [0.717, 1.165) is 19.5 Å². The molecular weight excluding hydrogens is 212 g/mol. The van der Waals surface area contributed by atoms with Gasteiger partial charge in [0.05, 0.1) is 17.9 Å². The Kier molecular flexibility index (Phi) is 6.19. The van der Waals surface area contributed by atoms with E-state index in [0.29, 0.717) is 12.0 Å². The van der Waals surface area contributed by atoms with E-state index < -0.39 is 0 Å². The van der Waals surface area contributed by atoms with Crippen LogP contribution < -0.4 is 5.32 Å². The molecule has 2 unspecified atom stereocenters. The molecule has 0 fully saturated rings. The second-order valence-corrected chi connectivity index (χ2v) is 4.67. The van der Waals surface area contributed by atoms with Gasteiger partial charge in [-0.25, -0.2) is 4.68 Å². The first-order valence-corrected chi connectivity index (χ1v) is 6.86. The van der Waals surface area contributed by atoms with Crippen LogP contribution in [0.25, 0.3) is 0 Å². The number of hydrogen-bond donors (Lipinski definition) is 1. The number of aryl methyl sites for hydroxylation is 1. The first kappa shape index (κ1) is 14.2. The third-order valence-corrected chi connectivity index (χ3v) is 3.19. The summed E-state index contributed by atoms with van der Waals surface area (Å²) in [4.78, 5) is 0. The highest BCUT2D eigenvalue weighted by Crippen LogP contribution is 2.24. The maximum Gasteiger partial charge on any atom is 0.0759 e. The zero-order valence-corrected chi connectivity index (χ0v) is 11.6. The monoisotopic (exact) mass is 238 g/mol. The van der Waals surface area contributed by atoms with Gasteiger partial charge in [0.2, 0.25) is 0 Å². The van der Waals surface area contributed by atoms with Crippen LogP contribution in [0.5, 0.6) is 0 Å². The van der Waals surface area contributed by atoms with Gasteiger partial charge >= 0.3 is 0 Å². The normalized spacial score (nSPS) is 14.8. The molecule has 1 heterocycles. The van der Waals surface area contributed by atoms with E-state index in [1.807, 2.05) is 10.9 Å². The van der Waals surface area contributed by atoms with Crippen molar-refractivity contribution in [2.24, 2.45) is 5.92 Å². The topological polar surface area (TPSA) is 42.7 Å². The maximum absolute atomic E-state index is 4.13. The van der Waals surface area contributed by atoms with E-state index in [9.17, 15) is 0 Å². The number of aromatic nitrogens is 3. The molecule has 0 saturated heterocycles. The van der Waals surface area contributed by atoms with Crippen molar-refractivity contribution in [3.8, 4) is 0 Å². The Morgan fingerprint density at radius 2 is 2.06 bits per heavy atom. The molecule has 0 radical (unpaired) electrons. The van der Waals surface area contributed by atoms with Crippen molar-refractivity contribution in [2.75, 3.05) is 6.54 Å². The Bertz CT molecular complexity index is 308. The third kappa shape index (κ3) is 3.80. The van der Waals surface area contributed by atoms with Crippen LogP contribution in [0.1, 0.15) is 58.7 Å². The number of rotatable bonds is 8. The van der Waals surface area contributed by atoms with Crippen molar-refractivity contribution < 1.29 is 0 Å². The average molecular weight is 238 g/mol. The minimum absolute atomic E-state index is 0.379. The number of hydrogen-bond acceptors (Lipinski definition) is 3. The Morgan fingerprint density at radius 3 is 2.65 bits per heavy atom. The summed E-state index contributed by atoms with van der Waals surface area (Å²) >= 11 is 0. The second kappa shape index (κ2) is 7.43. The van der Waals surface area contributed by atoms with Crippen LogP contribution in [0, 0.1) is 5.92 Å². The van der Waals surface area contributed by atoms with Crippen LogP contribution in [-0.2, 0) is 6.54 Å². The summed E-state index contributed by atoms with van der Waals surface area (Å²) < 4.78 is 2.00. The quantitative estimate of drug-likeness (QED) is 0.757. The third-order valence-electron chi connectivity index (χ3n) is 3.19. The lowest BCUT2D eigenvalue weighted by atomic mass is 9.94. The lowest BCUT2D eigenvalue weighted by Crippen LogP contribution is -2.29. The summed E-state index contributed by atoms with van der Waals surface area (Å²) in [5, 5.41) is 11.8.